The fraction of sp³-hybridized carbons (Fsp3) is 0.250. The van der Waals surface area contributed by atoms with E-state index in [1.165, 1.54) is 0 Å². The Morgan fingerprint density at radius 3 is 2.48 bits per heavy atom. The Balaban J connectivity index is 1.60. The van der Waals surface area contributed by atoms with Crippen LogP contribution in [0.5, 0.6) is 5.75 Å². The smallest absolute Gasteiger partial charge is 0.344 e. The minimum atomic E-state index is -0.525. The number of ether oxygens (including phenoxy) is 2. The zero-order valence-corrected chi connectivity index (χ0v) is 19.4. The molecule has 3 rings (SSSR count). The summed E-state index contributed by atoms with van der Waals surface area (Å²) >= 11 is 0.780. The molecule has 33 heavy (non-hydrogen) atoms. The summed E-state index contributed by atoms with van der Waals surface area (Å²) in [6.07, 6.45) is 1.57. The molecule has 172 valence electrons. The number of hydrogen-bond acceptors (Lipinski definition) is 7. The van der Waals surface area contributed by atoms with Crippen LogP contribution in [-0.2, 0) is 19.1 Å². The van der Waals surface area contributed by atoms with E-state index in [0.29, 0.717) is 17.0 Å². The van der Waals surface area contributed by atoms with Crippen molar-refractivity contribution < 1.29 is 28.7 Å². The van der Waals surface area contributed by atoms with E-state index < -0.39 is 23.0 Å². The zero-order chi connectivity index (χ0) is 24.0. The first-order valence-electron chi connectivity index (χ1n) is 10.3. The maximum Gasteiger partial charge on any atom is 0.344 e. The summed E-state index contributed by atoms with van der Waals surface area (Å²) in [7, 11) is 0. The standard InChI is InChI=1S/C24H24N2O6S/c1-4-31-22(28)14-32-18-8-6-17(7-9-18)12-20-23(29)26(24(30)33-20)13-21(27)25-19-10-5-15(2)11-16(19)3/h5-12H,4,13-14H2,1-3H3,(H,25,27)/b20-12-. The molecule has 9 heteroatoms. The van der Waals surface area contributed by atoms with Gasteiger partial charge in [0.05, 0.1) is 11.5 Å². The Bertz CT molecular complexity index is 1110. The van der Waals surface area contributed by atoms with Gasteiger partial charge in [-0.05, 0) is 67.9 Å². The molecule has 1 aliphatic heterocycles. The Kier molecular flexibility index (Phi) is 7.89. The van der Waals surface area contributed by atoms with E-state index in [0.717, 1.165) is 27.8 Å². The molecule has 2 aromatic rings. The number of anilines is 1. The molecule has 3 amide bonds. The molecule has 0 saturated carbocycles. The van der Waals surface area contributed by atoms with Crippen molar-refractivity contribution in [2.24, 2.45) is 0 Å². The monoisotopic (exact) mass is 468 g/mol. The zero-order valence-electron chi connectivity index (χ0n) is 18.5. The summed E-state index contributed by atoms with van der Waals surface area (Å²) in [5.74, 6) is -0.967. The first-order chi connectivity index (χ1) is 15.8. The van der Waals surface area contributed by atoms with Gasteiger partial charge in [0.25, 0.3) is 11.1 Å². The molecule has 1 saturated heterocycles. The van der Waals surface area contributed by atoms with Crippen molar-refractivity contribution in [2.75, 3.05) is 25.1 Å². The minimum Gasteiger partial charge on any atom is -0.482 e. The minimum absolute atomic E-state index is 0.198. The molecular weight excluding hydrogens is 444 g/mol. The largest absolute Gasteiger partial charge is 0.482 e. The molecule has 8 nitrogen and oxygen atoms in total. The highest BCUT2D eigenvalue weighted by Crippen LogP contribution is 2.32. The van der Waals surface area contributed by atoms with Crippen LogP contribution in [0.2, 0.25) is 0 Å². The number of esters is 1. The topological polar surface area (TPSA) is 102 Å². The van der Waals surface area contributed by atoms with Gasteiger partial charge in [0, 0.05) is 5.69 Å². The lowest BCUT2D eigenvalue weighted by Gasteiger charge is -2.14. The van der Waals surface area contributed by atoms with Crippen LogP contribution >= 0.6 is 11.8 Å². The molecule has 0 spiro atoms. The van der Waals surface area contributed by atoms with Crippen LogP contribution in [-0.4, -0.2) is 47.7 Å². The number of imide groups is 1. The van der Waals surface area contributed by atoms with E-state index >= 15 is 0 Å². The Labute approximate surface area is 195 Å². The van der Waals surface area contributed by atoms with Crippen LogP contribution in [0.3, 0.4) is 0 Å². The number of carbonyl (C=O) groups is 4. The molecule has 0 aliphatic carbocycles. The van der Waals surface area contributed by atoms with Gasteiger partial charge in [-0.25, -0.2) is 4.79 Å². The van der Waals surface area contributed by atoms with Gasteiger partial charge in [-0.1, -0.05) is 29.8 Å². The number of nitrogens with zero attached hydrogens (tertiary/aromatic N) is 1. The molecule has 0 radical (unpaired) electrons. The second-order valence-electron chi connectivity index (χ2n) is 7.30. The average molecular weight is 469 g/mol. The van der Waals surface area contributed by atoms with Gasteiger partial charge in [-0.15, -0.1) is 0 Å². The molecule has 0 aromatic heterocycles. The van der Waals surface area contributed by atoms with Crippen molar-refractivity contribution in [2.45, 2.75) is 20.8 Å². The van der Waals surface area contributed by atoms with E-state index in [9.17, 15) is 19.2 Å². The van der Waals surface area contributed by atoms with Gasteiger partial charge in [0.15, 0.2) is 6.61 Å². The van der Waals surface area contributed by atoms with Gasteiger partial charge in [0.1, 0.15) is 12.3 Å². The Morgan fingerprint density at radius 2 is 1.82 bits per heavy atom. The first-order valence-corrected chi connectivity index (χ1v) is 11.1. The average Bonchev–Trinajstić information content (AvgIpc) is 3.03. The van der Waals surface area contributed by atoms with Gasteiger partial charge in [0.2, 0.25) is 5.91 Å². The fourth-order valence-corrected chi connectivity index (χ4v) is 3.92. The second kappa shape index (κ2) is 10.8. The van der Waals surface area contributed by atoms with E-state index in [-0.39, 0.29) is 24.7 Å². The van der Waals surface area contributed by atoms with Gasteiger partial charge in [-0.3, -0.25) is 19.3 Å². The Morgan fingerprint density at radius 1 is 1.09 bits per heavy atom. The van der Waals surface area contributed by atoms with Crippen LogP contribution in [0.4, 0.5) is 10.5 Å². The quantitative estimate of drug-likeness (QED) is 0.463. The second-order valence-corrected chi connectivity index (χ2v) is 8.29. The third-order valence-corrected chi connectivity index (χ3v) is 5.58. The lowest BCUT2D eigenvalue weighted by molar-refractivity contribution is -0.145. The van der Waals surface area contributed by atoms with Crippen molar-refractivity contribution in [1.29, 1.82) is 0 Å². The lowest BCUT2D eigenvalue weighted by Crippen LogP contribution is -2.36. The number of hydrogen-bond donors (Lipinski definition) is 1. The molecule has 1 heterocycles. The Hall–Kier alpha value is -3.59. The van der Waals surface area contributed by atoms with Crippen LogP contribution < -0.4 is 10.1 Å². The van der Waals surface area contributed by atoms with Crippen LogP contribution in [0, 0.1) is 13.8 Å². The maximum atomic E-state index is 12.7. The van der Waals surface area contributed by atoms with Crippen molar-refractivity contribution in [3.63, 3.8) is 0 Å². The summed E-state index contributed by atoms with van der Waals surface area (Å²) in [4.78, 5) is 49.9. The van der Waals surface area contributed by atoms with Crippen molar-refractivity contribution in [3.05, 3.63) is 64.1 Å². The highest BCUT2D eigenvalue weighted by Gasteiger charge is 2.36. The number of amides is 3. The molecule has 2 aromatic carbocycles. The molecule has 1 aliphatic rings. The maximum absolute atomic E-state index is 12.7. The number of nitrogens with one attached hydrogen (secondary N) is 1. The van der Waals surface area contributed by atoms with Crippen LogP contribution in [0.15, 0.2) is 47.4 Å². The number of benzene rings is 2. The van der Waals surface area contributed by atoms with E-state index in [4.69, 9.17) is 9.47 Å². The van der Waals surface area contributed by atoms with E-state index in [1.54, 1.807) is 43.3 Å². The van der Waals surface area contributed by atoms with Gasteiger partial charge >= 0.3 is 5.97 Å². The third-order valence-electron chi connectivity index (χ3n) is 4.67. The van der Waals surface area contributed by atoms with E-state index in [2.05, 4.69) is 5.32 Å². The summed E-state index contributed by atoms with van der Waals surface area (Å²) in [5, 5.41) is 2.24. The van der Waals surface area contributed by atoms with Gasteiger partial charge in [-0.2, -0.15) is 0 Å². The highest BCUT2D eigenvalue weighted by atomic mass is 32.2. The summed E-state index contributed by atoms with van der Waals surface area (Å²) in [6, 6.07) is 12.3. The van der Waals surface area contributed by atoms with Crippen molar-refractivity contribution >= 4 is 46.5 Å². The van der Waals surface area contributed by atoms with Crippen LogP contribution in [0.1, 0.15) is 23.6 Å². The lowest BCUT2D eigenvalue weighted by atomic mass is 10.1. The summed E-state index contributed by atoms with van der Waals surface area (Å²) in [6.45, 7) is 5.26. The number of aryl methyl sites for hydroxylation is 2. The number of rotatable bonds is 8. The van der Waals surface area contributed by atoms with Crippen molar-refractivity contribution in [3.8, 4) is 5.75 Å². The van der Waals surface area contributed by atoms with Crippen molar-refractivity contribution in [1.82, 2.24) is 4.90 Å². The first kappa shape index (κ1) is 24.1. The number of thioether (sulfide) groups is 1. The molecule has 0 atom stereocenters. The third kappa shape index (κ3) is 6.45. The molecule has 0 bridgehead atoms. The predicted molar refractivity (Wildman–Crippen MR) is 126 cm³/mol. The molecule has 0 unspecified atom stereocenters. The normalized spacial score (nSPS) is 14.5. The van der Waals surface area contributed by atoms with Crippen LogP contribution in [0.25, 0.3) is 6.08 Å². The van der Waals surface area contributed by atoms with Gasteiger partial charge < -0.3 is 14.8 Å². The molecular formula is C24H24N2O6S. The number of carbonyl (C=O) groups excluding carboxylic acids is 4. The molecule has 1 fully saturated rings. The fourth-order valence-electron chi connectivity index (χ4n) is 3.08. The SMILES string of the molecule is CCOC(=O)COc1ccc(/C=C2\SC(=O)N(CC(=O)Nc3ccc(C)cc3C)C2=O)cc1. The summed E-state index contributed by atoms with van der Waals surface area (Å²) < 4.78 is 10.1. The van der Waals surface area contributed by atoms with E-state index in [1.807, 2.05) is 26.0 Å². The summed E-state index contributed by atoms with van der Waals surface area (Å²) in [5.41, 5.74) is 3.27. The highest BCUT2D eigenvalue weighted by molar-refractivity contribution is 8.18. The predicted octanol–water partition coefficient (Wildman–Crippen LogP) is 3.92. The molecule has 1 N–H and O–H groups in total.